The molecule has 3 heterocycles. The number of aliphatic hydroxyl groups excluding tert-OH is 1. The Morgan fingerprint density at radius 1 is 1.00 bits per heavy atom. The van der Waals surface area contributed by atoms with Gasteiger partial charge < -0.3 is 19.8 Å². The number of anilines is 2. The number of fused-ring (bicyclic) bond motifs is 1. The Kier molecular flexibility index (Phi) is 5.32. The maximum Gasteiger partial charge on any atom is 0.227 e. The molecule has 3 aliphatic rings. The lowest BCUT2D eigenvalue weighted by Gasteiger charge is -2.27. The monoisotopic (exact) mass is 359 g/mol. The first-order valence-electron chi connectivity index (χ1n) is 10.3. The van der Waals surface area contributed by atoms with Gasteiger partial charge in [-0.25, -0.2) is 4.98 Å². The van der Waals surface area contributed by atoms with E-state index in [4.69, 9.17) is 9.97 Å². The van der Waals surface area contributed by atoms with Crippen LogP contribution in [0.25, 0.3) is 0 Å². The molecular weight excluding hydrogens is 326 g/mol. The highest BCUT2D eigenvalue weighted by molar-refractivity contribution is 5.55. The van der Waals surface area contributed by atoms with Gasteiger partial charge in [0, 0.05) is 51.8 Å². The number of aliphatic hydroxyl groups is 1. The number of nitrogens with zero attached hydrogens (tertiary/aromatic N) is 5. The van der Waals surface area contributed by atoms with E-state index in [0.29, 0.717) is 11.8 Å². The standard InChI is InChI=1S/C20H33N5O/c1-23(2)20-21-18-8-4-3-7-17(18)19(22-20)25-12-15(16(13-25)14-26)11-24-9-5-6-10-24/h15-16,26H,3-14H2,1-2H3. The van der Waals surface area contributed by atoms with Crippen LogP contribution in [0, 0.1) is 11.8 Å². The molecule has 0 amide bonds. The Balaban J connectivity index is 1.59. The molecular formula is C20H33N5O. The molecule has 2 fully saturated rings. The summed E-state index contributed by atoms with van der Waals surface area (Å²) in [6.07, 6.45) is 7.28. The molecule has 2 saturated heterocycles. The number of rotatable bonds is 5. The zero-order valence-corrected chi connectivity index (χ0v) is 16.3. The number of aryl methyl sites for hydroxylation is 1. The van der Waals surface area contributed by atoms with E-state index in [0.717, 1.165) is 44.2 Å². The van der Waals surface area contributed by atoms with Gasteiger partial charge in [-0.15, -0.1) is 0 Å². The van der Waals surface area contributed by atoms with Crippen LogP contribution in [0.1, 0.15) is 36.9 Å². The third kappa shape index (κ3) is 3.54. The van der Waals surface area contributed by atoms with Gasteiger partial charge >= 0.3 is 0 Å². The van der Waals surface area contributed by atoms with Crippen molar-refractivity contribution in [3.8, 4) is 0 Å². The highest BCUT2D eigenvalue weighted by atomic mass is 16.3. The predicted octanol–water partition coefficient (Wildman–Crippen LogP) is 1.56. The second-order valence-electron chi connectivity index (χ2n) is 8.49. The van der Waals surface area contributed by atoms with Crippen molar-refractivity contribution in [3.63, 3.8) is 0 Å². The Morgan fingerprint density at radius 2 is 1.73 bits per heavy atom. The molecule has 1 N–H and O–H groups in total. The van der Waals surface area contributed by atoms with Gasteiger partial charge in [0.05, 0.1) is 5.69 Å². The summed E-state index contributed by atoms with van der Waals surface area (Å²) in [6.45, 7) is 5.78. The molecule has 4 rings (SSSR count). The van der Waals surface area contributed by atoms with Crippen molar-refractivity contribution in [1.82, 2.24) is 14.9 Å². The second kappa shape index (κ2) is 7.69. The fourth-order valence-electron chi connectivity index (χ4n) is 4.85. The van der Waals surface area contributed by atoms with Crippen molar-refractivity contribution < 1.29 is 5.11 Å². The summed E-state index contributed by atoms with van der Waals surface area (Å²) >= 11 is 0. The van der Waals surface area contributed by atoms with E-state index in [9.17, 15) is 5.11 Å². The third-order valence-corrected chi connectivity index (χ3v) is 6.35. The molecule has 0 bridgehead atoms. The van der Waals surface area contributed by atoms with Crippen LogP contribution in [-0.4, -0.2) is 73.4 Å². The van der Waals surface area contributed by atoms with Crippen molar-refractivity contribution in [3.05, 3.63) is 11.3 Å². The van der Waals surface area contributed by atoms with Crippen LogP contribution in [0.2, 0.25) is 0 Å². The van der Waals surface area contributed by atoms with Crippen LogP contribution >= 0.6 is 0 Å². The van der Waals surface area contributed by atoms with Crippen LogP contribution in [0.5, 0.6) is 0 Å². The average Bonchev–Trinajstić information content (AvgIpc) is 3.30. The van der Waals surface area contributed by atoms with E-state index in [1.165, 1.54) is 50.0 Å². The summed E-state index contributed by atoms with van der Waals surface area (Å²) in [5.74, 6) is 2.85. The van der Waals surface area contributed by atoms with E-state index in [1.807, 2.05) is 19.0 Å². The van der Waals surface area contributed by atoms with Crippen LogP contribution < -0.4 is 9.80 Å². The smallest absolute Gasteiger partial charge is 0.227 e. The van der Waals surface area contributed by atoms with Crippen molar-refractivity contribution >= 4 is 11.8 Å². The maximum absolute atomic E-state index is 9.97. The lowest BCUT2D eigenvalue weighted by molar-refractivity contribution is 0.176. The largest absolute Gasteiger partial charge is 0.396 e. The normalized spacial score (nSPS) is 26.3. The fourth-order valence-corrected chi connectivity index (χ4v) is 4.85. The number of hydrogen-bond acceptors (Lipinski definition) is 6. The van der Waals surface area contributed by atoms with Crippen molar-refractivity contribution in [2.75, 3.05) is 63.2 Å². The summed E-state index contributed by atoms with van der Waals surface area (Å²) in [5, 5.41) is 9.97. The maximum atomic E-state index is 9.97. The minimum atomic E-state index is 0.281. The van der Waals surface area contributed by atoms with Crippen LogP contribution in [0.3, 0.4) is 0 Å². The van der Waals surface area contributed by atoms with Crippen LogP contribution in [-0.2, 0) is 12.8 Å². The van der Waals surface area contributed by atoms with Crippen LogP contribution in [0.4, 0.5) is 11.8 Å². The molecule has 6 heteroatoms. The van der Waals surface area contributed by atoms with Gasteiger partial charge in [-0.3, -0.25) is 0 Å². The Hall–Kier alpha value is -1.40. The van der Waals surface area contributed by atoms with E-state index < -0.39 is 0 Å². The molecule has 0 saturated carbocycles. The second-order valence-corrected chi connectivity index (χ2v) is 8.49. The van der Waals surface area contributed by atoms with Crippen molar-refractivity contribution in [1.29, 1.82) is 0 Å². The Morgan fingerprint density at radius 3 is 2.46 bits per heavy atom. The van der Waals surface area contributed by atoms with Gasteiger partial charge in [-0.1, -0.05) is 0 Å². The van der Waals surface area contributed by atoms with Crippen LogP contribution in [0.15, 0.2) is 0 Å². The molecule has 0 aromatic carbocycles. The molecule has 2 unspecified atom stereocenters. The minimum absolute atomic E-state index is 0.281. The lowest BCUT2D eigenvalue weighted by Crippen LogP contribution is -2.32. The summed E-state index contributed by atoms with van der Waals surface area (Å²) in [4.78, 5) is 16.8. The van der Waals surface area contributed by atoms with Crippen molar-refractivity contribution in [2.45, 2.75) is 38.5 Å². The average molecular weight is 360 g/mol. The van der Waals surface area contributed by atoms with Gasteiger partial charge in [0.2, 0.25) is 5.95 Å². The molecule has 2 aliphatic heterocycles. The first-order valence-corrected chi connectivity index (χ1v) is 10.3. The zero-order chi connectivity index (χ0) is 18.1. The Labute approximate surface area is 157 Å². The molecule has 6 nitrogen and oxygen atoms in total. The summed E-state index contributed by atoms with van der Waals surface area (Å²) in [5.41, 5.74) is 2.61. The lowest BCUT2D eigenvalue weighted by atomic mass is 9.96. The SMILES string of the molecule is CN(C)c1nc2c(c(N3CC(CO)C(CN4CCCC4)C3)n1)CCCC2. The predicted molar refractivity (Wildman–Crippen MR) is 105 cm³/mol. The van der Waals surface area contributed by atoms with Gasteiger partial charge in [0.15, 0.2) is 0 Å². The molecule has 1 aromatic heterocycles. The molecule has 1 aliphatic carbocycles. The number of likely N-dealkylation sites (tertiary alicyclic amines) is 1. The molecule has 1 aromatic rings. The van der Waals surface area contributed by atoms with Gasteiger partial charge in [0.1, 0.15) is 5.82 Å². The quantitative estimate of drug-likeness (QED) is 0.861. The molecule has 0 spiro atoms. The van der Waals surface area contributed by atoms with Crippen molar-refractivity contribution in [2.24, 2.45) is 11.8 Å². The zero-order valence-electron chi connectivity index (χ0n) is 16.3. The number of hydrogen-bond donors (Lipinski definition) is 1. The third-order valence-electron chi connectivity index (χ3n) is 6.35. The summed E-state index contributed by atoms with van der Waals surface area (Å²) in [6, 6.07) is 0. The molecule has 26 heavy (non-hydrogen) atoms. The topological polar surface area (TPSA) is 55.7 Å². The van der Waals surface area contributed by atoms with Gasteiger partial charge in [-0.2, -0.15) is 4.98 Å². The summed E-state index contributed by atoms with van der Waals surface area (Å²) in [7, 11) is 4.04. The van der Waals surface area contributed by atoms with Gasteiger partial charge in [0.25, 0.3) is 0 Å². The Bertz CT molecular complexity index is 629. The van der Waals surface area contributed by atoms with E-state index in [-0.39, 0.29) is 6.61 Å². The van der Waals surface area contributed by atoms with E-state index >= 15 is 0 Å². The minimum Gasteiger partial charge on any atom is -0.396 e. The summed E-state index contributed by atoms with van der Waals surface area (Å²) < 4.78 is 0. The number of aromatic nitrogens is 2. The molecule has 2 atom stereocenters. The molecule has 144 valence electrons. The highest BCUT2D eigenvalue weighted by Gasteiger charge is 2.36. The fraction of sp³-hybridized carbons (Fsp3) is 0.800. The highest BCUT2D eigenvalue weighted by Crippen LogP contribution is 2.35. The van der Waals surface area contributed by atoms with E-state index in [2.05, 4.69) is 9.80 Å². The first kappa shape index (κ1) is 18.0. The molecule has 0 radical (unpaired) electrons. The van der Waals surface area contributed by atoms with Gasteiger partial charge in [-0.05, 0) is 57.5 Å². The van der Waals surface area contributed by atoms with E-state index in [1.54, 1.807) is 0 Å². The first-order chi connectivity index (χ1) is 12.7.